The van der Waals surface area contributed by atoms with E-state index >= 15 is 0 Å². The number of aromatic nitrogens is 2. The molecule has 0 saturated heterocycles. The van der Waals surface area contributed by atoms with Crippen molar-refractivity contribution in [3.8, 4) is 0 Å². The van der Waals surface area contributed by atoms with Crippen molar-refractivity contribution in [2.24, 2.45) is 0 Å². The number of nitrogens with one attached hydrogen (secondary N) is 1. The number of hydrogen-bond donors (Lipinski definition) is 1. The predicted octanol–water partition coefficient (Wildman–Crippen LogP) is 4.72. The summed E-state index contributed by atoms with van der Waals surface area (Å²) in [6, 6.07) is 19.3. The van der Waals surface area contributed by atoms with Gasteiger partial charge in [-0.15, -0.1) is 0 Å². The van der Waals surface area contributed by atoms with Gasteiger partial charge in [-0.05, 0) is 35.9 Å². The molecule has 6 heteroatoms. The summed E-state index contributed by atoms with van der Waals surface area (Å²) < 4.78 is 5.34. The Balaban J connectivity index is 1.49. The number of aromatic amines is 1. The number of benzene rings is 2. The Morgan fingerprint density at radius 3 is 2.74 bits per heavy atom. The summed E-state index contributed by atoms with van der Waals surface area (Å²) in [5, 5.41) is 0.849. The van der Waals surface area contributed by atoms with Crippen LogP contribution in [0.3, 0.4) is 0 Å². The molecule has 0 aliphatic carbocycles. The normalized spacial score (nSPS) is 11.0. The second-order valence-corrected chi connectivity index (χ2v) is 7.21. The molecule has 2 aromatic heterocycles. The first-order valence-electron chi connectivity index (χ1n) is 8.64. The van der Waals surface area contributed by atoms with E-state index < -0.39 is 0 Å². The molecular formula is C21H19N3O2S. The highest BCUT2D eigenvalue weighted by Gasteiger charge is 2.17. The number of imidazole rings is 1. The number of hydrogen-bond acceptors (Lipinski definition) is 4. The summed E-state index contributed by atoms with van der Waals surface area (Å²) in [6.45, 7) is 0.441. The summed E-state index contributed by atoms with van der Waals surface area (Å²) in [6.07, 6.45) is 1.62. The largest absolute Gasteiger partial charge is 0.467 e. The highest BCUT2D eigenvalue weighted by molar-refractivity contribution is 7.98. The monoisotopic (exact) mass is 377 g/mol. The topological polar surface area (TPSA) is 62.1 Å². The van der Waals surface area contributed by atoms with Crippen LogP contribution in [0, 0.1) is 0 Å². The van der Waals surface area contributed by atoms with Crippen molar-refractivity contribution in [1.82, 2.24) is 14.9 Å². The molecule has 1 amide bonds. The lowest BCUT2D eigenvalue weighted by atomic mass is 10.1. The first-order valence-corrected chi connectivity index (χ1v) is 9.62. The van der Waals surface area contributed by atoms with Crippen LogP contribution in [0.2, 0.25) is 0 Å². The average Bonchev–Trinajstić information content (AvgIpc) is 3.35. The molecule has 0 atom stereocenters. The maximum Gasteiger partial charge on any atom is 0.254 e. The number of thioether (sulfide) groups is 1. The summed E-state index contributed by atoms with van der Waals surface area (Å²) in [5.74, 6) is 1.41. The number of carbonyl (C=O) groups is 1. The van der Waals surface area contributed by atoms with Crippen LogP contribution in [0.5, 0.6) is 0 Å². The van der Waals surface area contributed by atoms with E-state index in [1.54, 1.807) is 30.0 Å². The Hall–Kier alpha value is -2.99. The van der Waals surface area contributed by atoms with Gasteiger partial charge in [-0.3, -0.25) is 4.79 Å². The number of rotatable bonds is 6. The minimum Gasteiger partial charge on any atom is -0.467 e. The number of furan rings is 1. The highest BCUT2D eigenvalue weighted by atomic mass is 32.2. The molecular weight excluding hydrogens is 358 g/mol. The molecule has 5 nitrogen and oxygen atoms in total. The van der Waals surface area contributed by atoms with Crippen LogP contribution >= 0.6 is 11.8 Å². The number of carbonyl (C=O) groups excluding carboxylic acids is 1. The van der Waals surface area contributed by atoms with Crippen LogP contribution in [-0.2, 0) is 12.3 Å². The number of H-pyrrole nitrogens is 1. The zero-order valence-electron chi connectivity index (χ0n) is 14.9. The Labute approximate surface area is 161 Å². The van der Waals surface area contributed by atoms with Gasteiger partial charge in [0.05, 0.1) is 23.8 Å². The van der Waals surface area contributed by atoms with E-state index in [4.69, 9.17) is 4.42 Å². The molecule has 0 radical (unpaired) electrons. The number of nitrogens with zero attached hydrogens (tertiary/aromatic N) is 2. The second kappa shape index (κ2) is 7.72. The van der Waals surface area contributed by atoms with Crippen LogP contribution in [0.25, 0.3) is 11.0 Å². The molecule has 0 spiro atoms. The van der Waals surface area contributed by atoms with E-state index in [1.807, 2.05) is 60.7 Å². The molecule has 1 N–H and O–H groups in total. The molecule has 27 heavy (non-hydrogen) atoms. The fourth-order valence-corrected chi connectivity index (χ4v) is 3.80. The van der Waals surface area contributed by atoms with Gasteiger partial charge in [-0.2, -0.15) is 0 Å². The molecule has 4 rings (SSSR count). The van der Waals surface area contributed by atoms with E-state index in [1.165, 1.54) is 0 Å². The minimum absolute atomic E-state index is 0.0211. The SMILES string of the molecule is CN(Cc1ccco1)C(=O)c1ccccc1CSc1nc2ccccc2[nH]1. The van der Waals surface area contributed by atoms with Gasteiger partial charge < -0.3 is 14.3 Å². The Morgan fingerprint density at radius 1 is 1.11 bits per heavy atom. The molecule has 2 heterocycles. The van der Waals surface area contributed by atoms with Gasteiger partial charge in [0.2, 0.25) is 0 Å². The molecule has 0 bridgehead atoms. The van der Waals surface area contributed by atoms with Gasteiger partial charge in [0, 0.05) is 18.4 Å². The predicted molar refractivity (Wildman–Crippen MR) is 107 cm³/mol. The van der Waals surface area contributed by atoms with Gasteiger partial charge >= 0.3 is 0 Å². The minimum atomic E-state index is -0.0211. The quantitative estimate of drug-likeness (QED) is 0.494. The third-order valence-corrected chi connectivity index (χ3v) is 5.22. The fourth-order valence-electron chi connectivity index (χ4n) is 2.91. The standard InChI is InChI=1S/C21H19N3O2S/c1-24(13-16-8-6-12-26-16)20(25)17-9-3-2-7-15(17)14-27-21-22-18-10-4-5-11-19(18)23-21/h2-12H,13-14H2,1H3,(H,22,23). The van der Waals surface area contributed by atoms with E-state index in [-0.39, 0.29) is 5.91 Å². The maximum absolute atomic E-state index is 12.9. The fraction of sp³-hybridized carbons (Fsp3) is 0.143. The first kappa shape index (κ1) is 17.4. The van der Waals surface area contributed by atoms with Crippen LogP contribution < -0.4 is 0 Å². The van der Waals surface area contributed by atoms with Crippen molar-refractivity contribution >= 4 is 28.7 Å². The van der Waals surface area contributed by atoms with Gasteiger partial charge in [0.25, 0.3) is 5.91 Å². The lowest BCUT2D eigenvalue weighted by molar-refractivity contribution is 0.0774. The van der Waals surface area contributed by atoms with Crippen LogP contribution in [0.15, 0.2) is 76.5 Å². The number of amides is 1. The van der Waals surface area contributed by atoms with Crippen molar-refractivity contribution in [2.45, 2.75) is 17.5 Å². The first-order chi connectivity index (χ1) is 13.2. The molecule has 2 aromatic carbocycles. The van der Waals surface area contributed by atoms with Crippen molar-refractivity contribution in [3.05, 3.63) is 83.8 Å². The van der Waals surface area contributed by atoms with E-state index in [0.29, 0.717) is 17.9 Å². The molecule has 4 aromatic rings. The summed E-state index contributed by atoms with van der Waals surface area (Å²) in [7, 11) is 1.79. The summed E-state index contributed by atoms with van der Waals surface area (Å²) >= 11 is 1.59. The van der Waals surface area contributed by atoms with Crippen LogP contribution in [-0.4, -0.2) is 27.8 Å². The summed E-state index contributed by atoms with van der Waals surface area (Å²) in [4.78, 5) is 22.5. The van der Waals surface area contributed by atoms with Gasteiger partial charge in [-0.25, -0.2) is 4.98 Å². The van der Waals surface area contributed by atoms with Gasteiger partial charge in [0.15, 0.2) is 5.16 Å². The molecule has 0 fully saturated rings. The molecule has 0 aliphatic heterocycles. The number of fused-ring (bicyclic) bond motifs is 1. The van der Waals surface area contributed by atoms with Crippen molar-refractivity contribution < 1.29 is 9.21 Å². The smallest absolute Gasteiger partial charge is 0.254 e. The maximum atomic E-state index is 12.9. The lowest BCUT2D eigenvalue weighted by Crippen LogP contribution is -2.26. The Kier molecular flexibility index (Phi) is 4.98. The van der Waals surface area contributed by atoms with E-state index in [2.05, 4.69) is 9.97 Å². The van der Waals surface area contributed by atoms with Gasteiger partial charge in [-0.1, -0.05) is 42.1 Å². The van der Waals surface area contributed by atoms with E-state index in [9.17, 15) is 4.79 Å². The van der Waals surface area contributed by atoms with Crippen molar-refractivity contribution in [3.63, 3.8) is 0 Å². The zero-order chi connectivity index (χ0) is 18.6. The second-order valence-electron chi connectivity index (χ2n) is 6.25. The lowest BCUT2D eigenvalue weighted by Gasteiger charge is -2.17. The third-order valence-electron chi connectivity index (χ3n) is 4.30. The van der Waals surface area contributed by atoms with Crippen LogP contribution in [0.1, 0.15) is 21.7 Å². The van der Waals surface area contributed by atoms with Gasteiger partial charge in [0.1, 0.15) is 5.76 Å². The molecule has 0 saturated carbocycles. The highest BCUT2D eigenvalue weighted by Crippen LogP contribution is 2.25. The van der Waals surface area contributed by atoms with Crippen LogP contribution in [0.4, 0.5) is 0 Å². The zero-order valence-corrected chi connectivity index (χ0v) is 15.7. The molecule has 0 unspecified atom stereocenters. The Bertz CT molecular complexity index is 1020. The molecule has 136 valence electrons. The molecule has 0 aliphatic rings. The van der Waals surface area contributed by atoms with Crippen molar-refractivity contribution in [2.75, 3.05) is 7.05 Å². The number of para-hydroxylation sites is 2. The summed E-state index contributed by atoms with van der Waals surface area (Å²) in [5.41, 5.74) is 3.65. The Morgan fingerprint density at radius 2 is 1.93 bits per heavy atom. The van der Waals surface area contributed by atoms with Crippen molar-refractivity contribution in [1.29, 1.82) is 0 Å². The van der Waals surface area contributed by atoms with E-state index in [0.717, 1.165) is 27.5 Å². The third kappa shape index (κ3) is 3.90. The average molecular weight is 377 g/mol.